The van der Waals surface area contributed by atoms with Crippen molar-refractivity contribution in [3.8, 4) is 0 Å². The summed E-state index contributed by atoms with van der Waals surface area (Å²) < 4.78 is 27.6. The second-order valence-electron chi connectivity index (χ2n) is 4.69. The highest BCUT2D eigenvalue weighted by atomic mass is 32.2. The lowest BCUT2D eigenvalue weighted by Crippen LogP contribution is -2.46. The van der Waals surface area contributed by atoms with Crippen LogP contribution in [0.15, 0.2) is 23.2 Å². The first-order valence-electron chi connectivity index (χ1n) is 6.60. The maximum absolute atomic E-state index is 12.4. The van der Waals surface area contributed by atoms with Crippen LogP contribution in [0.25, 0.3) is 0 Å². The highest BCUT2D eigenvalue weighted by molar-refractivity contribution is 7.89. The maximum atomic E-state index is 12.4. The number of rotatable bonds is 7. The molecule has 0 saturated heterocycles. The maximum Gasteiger partial charge on any atom is 0.242 e. The summed E-state index contributed by atoms with van der Waals surface area (Å²) in [6.45, 7) is 5.93. The Morgan fingerprint density at radius 1 is 1.30 bits per heavy atom. The van der Waals surface area contributed by atoms with Crippen LogP contribution in [0.3, 0.4) is 0 Å². The van der Waals surface area contributed by atoms with Crippen LogP contribution in [0.4, 0.5) is 0 Å². The zero-order chi connectivity index (χ0) is 15.4. The summed E-state index contributed by atoms with van der Waals surface area (Å²) in [4.78, 5) is 4.23. The Labute approximate surface area is 126 Å². The van der Waals surface area contributed by atoms with E-state index in [0.717, 1.165) is 19.3 Å². The molecule has 20 heavy (non-hydrogen) atoms. The number of nitrogens with zero attached hydrogens (tertiary/aromatic N) is 1. The third-order valence-corrected chi connectivity index (χ3v) is 5.45. The molecule has 0 aliphatic rings. The van der Waals surface area contributed by atoms with Gasteiger partial charge >= 0.3 is 0 Å². The van der Waals surface area contributed by atoms with Gasteiger partial charge in [-0.1, -0.05) is 33.0 Å². The van der Waals surface area contributed by atoms with E-state index in [-0.39, 0.29) is 9.88 Å². The molecule has 3 N–H and O–H groups in total. The molecule has 1 heterocycles. The molecule has 0 amide bonds. The first-order valence-corrected chi connectivity index (χ1v) is 8.49. The Morgan fingerprint density at radius 2 is 1.85 bits per heavy atom. The van der Waals surface area contributed by atoms with Crippen LogP contribution in [0, 0.1) is 0 Å². The molecule has 0 radical (unpaired) electrons. The van der Waals surface area contributed by atoms with E-state index >= 15 is 0 Å². The van der Waals surface area contributed by atoms with E-state index in [2.05, 4.69) is 9.71 Å². The van der Waals surface area contributed by atoms with Crippen molar-refractivity contribution in [3.63, 3.8) is 0 Å². The molecule has 0 spiro atoms. The van der Waals surface area contributed by atoms with E-state index in [9.17, 15) is 8.42 Å². The topological polar surface area (TPSA) is 85.1 Å². The van der Waals surface area contributed by atoms with E-state index in [4.69, 9.17) is 18.0 Å². The van der Waals surface area contributed by atoms with Crippen LogP contribution in [0.1, 0.15) is 45.7 Å². The van der Waals surface area contributed by atoms with Crippen molar-refractivity contribution in [3.05, 3.63) is 24.0 Å². The van der Waals surface area contributed by atoms with Crippen LogP contribution >= 0.6 is 12.2 Å². The van der Waals surface area contributed by atoms with Gasteiger partial charge in [0.2, 0.25) is 10.0 Å². The SMILES string of the molecule is CCC(CC)(CC)NS(=O)(=O)c1ccc(C(N)=S)nc1. The van der Waals surface area contributed by atoms with Gasteiger partial charge in [0.25, 0.3) is 0 Å². The van der Waals surface area contributed by atoms with Crippen molar-refractivity contribution in [2.24, 2.45) is 5.73 Å². The molecule has 1 aromatic heterocycles. The highest BCUT2D eigenvalue weighted by Gasteiger charge is 2.30. The molecule has 0 bridgehead atoms. The largest absolute Gasteiger partial charge is 0.388 e. The molecule has 0 aliphatic carbocycles. The van der Waals surface area contributed by atoms with Crippen molar-refractivity contribution in [2.45, 2.75) is 50.5 Å². The average molecular weight is 315 g/mol. The summed E-state index contributed by atoms with van der Waals surface area (Å²) in [5.74, 6) is 0. The van der Waals surface area contributed by atoms with Crippen LogP contribution in [0.2, 0.25) is 0 Å². The van der Waals surface area contributed by atoms with E-state index in [1.54, 1.807) is 0 Å². The van der Waals surface area contributed by atoms with Gasteiger partial charge in [-0.15, -0.1) is 0 Å². The minimum atomic E-state index is -3.59. The number of aromatic nitrogens is 1. The molecule has 112 valence electrons. The molecular formula is C13H21N3O2S2. The number of nitrogens with two attached hydrogens (primary N) is 1. The zero-order valence-corrected chi connectivity index (χ0v) is 13.6. The molecule has 1 aromatic rings. The average Bonchev–Trinajstić information content (AvgIpc) is 2.45. The van der Waals surface area contributed by atoms with E-state index in [0.29, 0.717) is 5.69 Å². The Bertz CT molecular complexity index is 556. The van der Waals surface area contributed by atoms with Crippen molar-refractivity contribution in [1.29, 1.82) is 0 Å². The van der Waals surface area contributed by atoms with Gasteiger partial charge in [0.15, 0.2) is 0 Å². The number of hydrogen-bond acceptors (Lipinski definition) is 4. The lowest BCUT2D eigenvalue weighted by Gasteiger charge is -2.31. The van der Waals surface area contributed by atoms with Gasteiger partial charge in [0.05, 0.1) is 5.69 Å². The number of sulfonamides is 1. The van der Waals surface area contributed by atoms with E-state index in [1.165, 1.54) is 18.3 Å². The first-order chi connectivity index (χ1) is 9.30. The van der Waals surface area contributed by atoms with E-state index in [1.807, 2.05) is 20.8 Å². The molecular weight excluding hydrogens is 294 g/mol. The summed E-state index contributed by atoms with van der Waals surface area (Å²) in [6, 6.07) is 2.98. The van der Waals surface area contributed by atoms with Crippen molar-refractivity contribution < 1.29 is 8.42 Å². The van der Waals surface area contributed by atoms with Crippen molar-refractivity contribution in [1.82, 2.24) is 9.71 Å². The highest BCUT2D eigenvalue weighted by Crippen LogP contribution is 2.22. The molecule has 7 heteroatoms. The van der Waals surface area contributed by atoms with Crippen molar-refractivity contribution >= 4 is 27.2 Å². The fourth-order valence-electron chi connectivity index (χ4n) is 2.00. The van der Waals surface area contributed by atoms with Crippen LogP contribution in [-0.2, 0) is 10.0 Å². The number of nitrogens with one attached hydrogen (secondary N) is 1. The first kappa shape index (κ1) is 17.0. The predicted molar refractivity (Wildman–Crippen MR) is 84.0 cm³/mol. The van der Waals surface area contributed by atoms with Crippen molar-refractivity contribution in [2.75, 3.05) is 0 Å². The standard InChI is InChI=1S/C13H21N3O2S2/c1-4-13(5-2,6-3)16-20(17,18)10-7-8-11(12(14)19)15-9-10/h7-9,16H,4-6H2,1-3H3,(H2,14,19). The molecule has 0 unspecified atom stereocenters. The summed E-state index contributed by atoms with van der Waals surface area (Å²) in [5, 5.41) is 0. The van der Waals surface area contributed by atoms with Gasteiger partial charge in [-0.2, -0.15) is 0 Å². The Balaban J connectivity index is 3.07. The van der Waals surface area contributed by atoms with Crippen LogP contribution in [-0.4, -0.2) is 23.9 Å². The smallest absolute Gasteiger partial charge is 0.242 e. The Kier molecular flexibility index (Phi) is 5.61. The van der Waals surface area contributed by atoms with Gasteiger partial charge in [0, 0.05) is 11.7 Å². The lowest BCUT2D eigenvalue weighted by atomic mass is 9.91. The molecule has 0 fully saturated rings. The normalized spacial score (nSPS) is 12.3. The molecule has 0 aromatic carbocycles. The van der Waals surface area contributed by atoms with Crippen LogP contribution < -0.4 is 10.5 Å². The third-order valence-electron chi connectivity index (χ3n) is 3.68. The summed E-state index contributed by atoms with van der Waals surface area (Å²) >= 11 is 4.79. The van der Waals surface area contributed by atoms with Crippen LogP contribution in [0.5, 0.6) is 0 Å². The van der Waals surface area contributed by atoms with Gasteiger partial charge in [0.1, 0.15) is 9.88 Å². The predicted octanol–water partition coefficient (Wildman–Crippen LogP) is 1.96. The Hall–Kier alpha value is -1.05. The third kappa shape index (κ3) is 3.74. The fraction of sp³-hybridized carbons (Fsp3) is 0.538. The summed E-state index contributed by atoms with van der Waals surface area (Å²) in [5.41, 5.74) is 5.44. The second kappa shape index (κ2) is 6.60. The molecule has 0 aliphatic heterocycles. The van der Waals surface area contributed by atoms with Gasteiger partial charge in [-0.25, -0.2) is 13.1 Å². The number of hydrogen-bond donors (Lipinski definition) is 2. The monoisotopic (exact) mass is 315 g/mol. The molecule has 0 saturated carbocycles. The van der Waals surface area contributed by atoms with Gasteiger partial charge in [-0.3, -0.25) is 4.98 Å². The molecule has 0 atom stereocenters. The van der Waals surface area contributed by atoms with E-state index < -0.39 is 15.6 Å². The quantitative estimate of drug-likeness (QED) is 0.751. The minimum absolute atomic E-state index is 0.122. The summed E-state index contributed by atoms with van der Waals surface area (Å²) in [6.07, 6.45) is 3.48. The lowest BCUT2D eigenvalue weighted by molar-refractivity contribution is 0.341. The minimum Gasteiger partial charge on any atom is -0.388 e. The number of pyridine rings is 1. The zero-order valence-electron chi connectivity index (χ0n) is 12.0. The molecule has 5 nitrogen and oxygen atoms in total. The molecule has 1 rings (SSSR count). The second-order valence-corrected chi connectivity index (χ2v) is 6.81. The summed E-state index contributed by atoms with van der Waals surface area (Å²) in [7, 11) is -3.59. The van der Waals surface area contributed by atoms with Gasteiger partial charge < -0.3 is 5.73 Å². The Morgan fingerprint density at radius 3 is 2.20 bits per heavy atom. The van der Waals surface area contributed by atoms with Gasteiger partial charge in [-0.05, 0) is 31.4 Å². The fourth-order valence-corrected chi connectivity index (χ4v) is 3.68. The number of thiocarbonyl (C=S) groups is 1.